The number of nitrogens with zero attached hydrogens (tertiary/aromatic N) is 3. The number of carbonyl (C=O) groups excluding carboxylic acids is 1. The van der Waals surface area contributed by atoms with Crippen LogP contribution in [0.4, 0.5) is 5.69 Å². The van der Waals surface area contributed by atoms with Gasteiger partial charge in [0.05, 0.1) is 11.9 Å². The molecular formula is C10H16N4O2. The number of likely N-dealkylation sites (N-methyl/N-ethyl adjacent to an activating group) is 1. The van der Waals surface area contributed by atoms with Crippen LogP contribution in [0, 0.1) is 0 Å². The van der Waals surface area contributed by atoms with Crippen molar-refractivity contribution in [3.8, 4) is 0 Å². The highest BCUT2D eigenvalue weighted by atomic mass is 16.2. The second-order valence-corrected chi connectivity index (χ2v) is 3.56. The minimum Gasteiger partial charge on any atom is -0.384 e. The highest BCUT2D eigenvalue weighted by Crippen LogP contribution is 1.98. The van der Waals surface area contributed by atoms with Gasteiger partial charge >= 0.3 is 0 Å². The molecule has 0 bridgehead atoms. The zero-order valence-electron chi connectivity index (χ0n) is 9.73. The first kappa shape index (κ1) is 12.2. The third-order valence-electron chi connectivity index (χ3n) is 2.03. The van der Waals surface area contributed by atoms with Gasteiger partial charge in [-0.1, -0.05) is 0 Å². The topological polar surface area (TPSA) is 67.2 Å². The number of hydrogen-bond acceptors (Lipinski definition) is 4. The molecule has 1 N–H and O–H groups in total. The summed E-state index contributed by atoms with van der Waals surface area (Å²) in [7, 11) is 3.28. The number of carbonyl (C=O) groups is 1. The lowest BCUT2D eigenvalue weighted by atomic mass is 10.4. The molecule has 0 unspecified atom stereocenters. The van der Waals surface area contributed by atoms with Crippen molar-refractivity contribution in [2.24, 2.45) is 0 Å². The Labute approximate surface area is 93.9 Å². The average molecular weight is 224 g/mol. The van der Waals surface area contributed by atoms with Crippen molar-refractivity contribution in [1.82, 2.24) is 14.7 Å². The van der Waals surface area contributed by atoms with Gasteiger partial charge in [-0.3, -0.25) is 9.59 Å². The Morgan fingerprint density at radius 2 is 2.25 bits per heavy atom. The maximum atomic E-state index is 11.6. The summed E-state index contributed by atoms with van der Waals surface area (Å²) in [6, 6.07) is 1.43. The summed E-state index contributed by atoms with van der Waals surface area (Å²) in [6.07, 6.45) is 1.54. The quantitative estimate of drug-likeness (QED) is 0.766. The first-order valence-corrected chi connectivity index (χ1v) is 5.05. The number of rotatable bonds is 4. The van der Waals surface area contributed by atoms with Crippen molar-refractivity contribution < 1.29 is 4.79 Å². The minimum absolute atomic E-state index is 0.0295. The molecule has 0 radical (unpaired) electrons. The summed E-state index contributed by atoms with van der Waals surface area (Å²) in [4.78, 5) is 24.4. The zero-order valence-corrected chi connectivity index (χ0v) is 9.73. The second-order valence-electron chi connectivity index (χ2n) is 3.56. The lowest BCUT2D eigenvalue weighted by Crippen LogP contribution is -2.32. The summed E-state index contributed by atoms with van der Waals surface area (Å²) in [5.41, 5.74) is 0.384. The van der Waals surface area contributed by atoms with E-state index in [0.29, 0.717) is 5.69 Å². The van der Waals surface area contributed by atoms with Gasteiger partial charge in [0.1, 0.15) is 6.54 Å². The fraction of sp³-hybridized carbons (Fsp3) is 0.500. The van der Waals surface area contributed by atoms with Gasteiger partial charge < -0.3 is 10.2 Å². The van der Waals surface area contributed by atoms with E-state index in [1.165, 1.54) is 17.2 Å². The highest BCUT2D eigenvalue weighted by Gasteiger charge is 2.07. The Balaban J connectivity index is 2.83. The van der Waals surface area contributed by atoms with Gasteiger partial charge in [0.25, 0.3) is 5.56 Å². The highest BCUT2D eigenvalue weighted by molar-refractivity contribution is 5.75. The Morgan fingerprint density at radius 3 is 2.75 bits per heavy atom. The molecule has 0 spiro atoms. The Bertz CT molecular complexity index is 425. The van der Waals surface area contributed by atoms with Crippen molar-refractivity contribution in [1.29, 1.82) is 0 Å². The van der Waals surface area contributed by atoms with Crippen molar-refractivity contribution in [2.75, 3.05) is 26.0 Å². The first-order chi connectivity index (χ1) is 7.54. The Hall–Kier alpha value is -1.85. The van der Waals surface area contributed by atoms with Crippen LogP contribution >= 0.6 is 0 Å². The van der Waals surface area contributed by atoms with E-state index in [0.717, 1.165) is 11.2 Å². The maximum absolute atomic E-state index is 11.6. The van der Waals surface area contributed by atoms with Crippen LogP contribution in [0.15, 0.2) is 17.1 Å². The standard InChI is InChI=1S/C10H16N4O2/c1-4-11-8-5-9(15)14(12-6-8)7-10(16)13(2)3/h5-6,11H,4,7H2,1-3H3. The monoisotopic (exact) mass is 224 g/mol. The summed E-state index contributed by atoms with van der Waals surface area (Å²) >= 11 is 0. The third-order valence-corrected chi connectivity index (χ3v) is 2.03. The van der Waals surface area contributed by atoms with Crippen LogP contribution in [0.5, 0.6) is 0 Å². The molecule has 0 saturated carbocycles. The number of amides is 1. The molecule has 1 amide bonds. The molecule has 0 atom stereocenters. The van der Waals surface area contributed by atoms with Gasteiger partial charge in [-0.15, -0.1) is 0 Å². The van der Waals surface area contributed by atoms with E-state index in [-0.39, 0.29) is 18.0 Å². The third kappa shape index (κ3) is 3.08. The van der Waals surface area contributed by atoms with E-state index in [1.807, 2.05) is 6.92 Å². The van der Waals surface area contributed by atoms with E-state index in [4.69, 9.17) is 0 Å². The Morgan fingerprint density at radius 1 is 1.56 bits per heavy atom. The van der Waals surface area contributed by atoms with Crippen LogP contribution < -0.4 is 10.9 Å². The zero-order chi connectivity index (χ0) is 12.1. The van der Waals surface area contributed by atoms with Crippen LogP contribution in [0.3, 0.4) is 0 Å². The van der Waals surface area contributed by atoms with Crippen molar-refractivity contribution in [3.63, 3.8) is 0 Å². The predicted octanol–water partition coefficient (Wildman–Crippen LogP) is -0.237. The molecule has 6 heteroatoms. The average Bonchev–Trinajstić information content (AvgIpc) is 2.22. The van der Waals surface area contributed by atoms with E-state index >= 15 is 0 Å². The molecule has 1 aromatic rings. The van der Waals surface area contributed by atoms with Crippen LogP contribution in [0.2, 0.25) is 0 Å². The maximum Gasteiger partial charge on any atom is 0.269 e. The van der Waals surface area contributed by atoms with Crippen molar-refractivity contribution in [3.05, 3.63) is 22.6 Å². The van der Waals surface area contributed by atoms with Gasteiger partial charge in [0.15, 0.2) is 0 Å². The van der Waals surface area contributed by atoms with E-state index in [1.54, 1.807) is 14.1 Å². The molecule has 0 aliphatic rings. The van der Waals surface area contributed by atoms with Crippen molar-refractivity contribution in [2.45, 2.75) is 13.5 Å². The first-order valence-electron chi connectivity index (χ1n) is 5.05. The SMILES string of the molecule is CCNc1cnn(CC(=O)N(C)C)c(=O)c1. The van der Waals surface area contributed by atoms with Gasteiger partial charge in [-0.2, -0.15) is 5.10 Å². The lowest BCUT2D eigenvalue weighted by molar-refractivity contribution is -0.129. The van der Waals surface area contributed by atoms with E-state index in [9.17, 15) is 9.59 Å². The molecule has 1 heterocycles. The molecule has 0 aromatic carbocycles. The van der Waals surface area contributed by atoms with E-state index < -0.39 is 0 Å². The van der Waals surface area contributed by atoms with E-state index in [2.05, 4.69) is 10.4 Å². The second kappa shape index (κ2) is 5.29. The molecule has 0 aliphatic carbocycles. The van der Waals surface area contributed by atoms with Gasteiger partial charge in [0.2, 0.25) is 5.91 Å². The van der Waals surface area contributed by atoms with Gasteiger partial charge in [0, 0.05) is 26.7 Å². The van der Waals surface area contributed by atoms with Crippen LogP contribution in [-0.2, 0) is 11.3 Å². The fourth-order valence-corrected chi connectivity index (χ4v) is 1.12. The number of nitrogens with one attached hydrogen (secondary N) is 1. The predicted molar refractivity (Wildman–Crippen MR) is 61.4 cm³/mol. The van der Waals surface area contributed by atoms with Crippen LogP contribution in [-0.4, -0.2) is 41.2 Å². The Kier molecular flexibility index (Phi) is 4.04. The minimum atomic E-state index is -0.284. The largest absolute Gasteiger partial charge is 0.384 e. The number of anilines is 1. The molecule has 1 aromatic heterocycles. The van der Waals surface area contributed by atoms with Gasteiger partial charge in [-0.05, 0) is 6.92 Å². The normalized spacial score (nSPS) is 9.94. The molecule has 1 rings (SSSR count). The molecule has 88 valence electrons. The fourth-order valence-electron chi connectivity index (χ4n) is 1.12. The molecular weight excluding hydrogens is 208 g/mol. The van der Waals surface area contributed by atoms with Gasteiger partial charge in [-0.25, -0.2) is 4.68 Å². The molecule has 16 heavy (non-hydrogen) atoms. The summed E-state index contributed by atoms with van der Waals surface area (Å²) in [6.45, 7) is 2.63. The molecule has 0 aliphatic heterocycles. The lowest BCUT2D eigenvalue weighted by Gasteiger charge is -2.11. The molecule has 0 saturated heterocycles. The number of aromatic nitrogens is 2. The molecule has 0 fully saturated rings. The van der Waals surface area contributed by atoms with Crippen LogP contribution in [0.1, 0.15) is 6.92 Å². The number of hydrogen-bond donors (Lipinski definition) is 1. The van der Waals surface area contributed by atoms with Crippen molar-refractivity contribution >= 4 is 11.6 Å². The smallest absolute Gasteiger partial charge is 0.269 e. The molecule has 6 nitrogen and oxygen atoms in total. The van der Waals surface area contributed by atoms with Crippen LogP contribution in [0.25, 0.3) is 0 Å². The summed E-state index contributed by atoms with van der Waals surface area (Å²) < 4.78 is 1.14. The summed E-state index contributed by atoms with van der Waals surface area (Å²) in [5, 5.41) is 6.89. The summed E-state index contributed by atoms with van der Waals surface area (Å²) in [5.74, 6) is -0.161.